The van der Waals surface area contributed by atoms with Crippen LogP contribution in [0.5, 0.6) is 5.75 Å². The molecule has 33 heavy (non-hydrogen) atoms. The first-order chi connectivity index (χ1) is 15.1. The number of ether oxygens (including phenoxy) is 1. The molecule has 2 rings (SSSR count). The molecular formula is C20H17F10NO2. The van der Waals surface area contributed by atoms with E-state index in [-0.39, 0.29) is 30.8 Å². The Morgan fingerprint density at radius 3 is 2.15 bits per heavy atom. The fraction of sp³-hybridized carbons (Fsp3) is 0.400. The van der Waals surface area contributed by atoms with Gasteiger partial charge in [-0.15, -0.1) is 13.2 Å². The van der Waals surface area contributed by atoms with Crippen LogP contribution in [0.3, 0.4) is 0 Å². The van der Waals surface area contributed by atoms with Gasteiger partial charge in [0.1, 0.15) is 17.7 Å². The van der Waals surface area contributed by atoms with E-state index in [4.69, 9.17) is 5.11 Å². The molecule has 0 saturated carbocycles. The number of halogens is 10. The normalized spacial score (nSPS) is 13.7. The Balaban J connectivity index is 2.31. The van der Waals surface area contributed by atoms with Crippen LogP contribution in [0.15, 0.2) is 42.5 Å². The minimum Gasteiger partial charge on any atom is -0.406 e. The number of hydrogen-bond donors (Lipinski definition) is 1. The average molecular weight is 493 g/mol. The maximum absolute atomic E-state index is 13.6. The summed E-state index contributed by atoms with van der Waals surface area (Å²) in [7, 11) is 0. The van der Waals surface area contributed by atoms with Gasteiger partial charge in [0.05, 0.1) is 5.56 Å². The first kappa shape index (κ1) is 26.6. The third-order valence-electron chi connectivity index (χ3n) is 4.41. The minimum absolute atomic E-state index is 0.131. The van der Waals surface area contributed by atoms with E-state index in [1.54, 1.807) is 0 Å². The summed E-state index contributed by atoms with van der Waals surface area (Å²) in [6.45, 7) is -0.652. The molecule has 2 aromatic rings. The molecule has 0 radical (unpaired) electrons. The van der Waals surface area contributed by atoms with Gasteiger partial charge in [-0.3, -0.25) is 0 Å². The topological polar surface area (TPSA) is 32.7 Å². The second-order valence-electron chi connectivity index (χ2n) is 6.98. The summed E-state index contributed by atoms with van der Waals surface area (Å²) in [5.74, 6) is -2.18. The molecule has 0 bridgehead atoms. The van der Waals surface area contributed by atoms with Crippen molar-refractivity contribution >= 4 is 5.69 Å². The first-order valence-corrected chi connectivity index (χ1v) is 9.27. The van der Waals surface area contributed by atoms with Crippen molar-refractivity contribution in [3.8, 4) is 5.75 Å². The van der Waals surface area contributed by atoms with Gasteiger partial charge in [0.15, 0.2) is 0 Å². The Morgan fingerprint density at radius 1 is 0.909 bits per heavy atom. The smallest absolute Gasteiger partial charge is 0.406 e. The molecule has 0 aromatic heterocycles. The van der Waals surface area contributed by atoms with Gasteiger partial charge >= 0.3 is 18.7 Å². The summed E-state index contributed by atoms with van der Waals surface area (Å²) in [6, 6.07) is 6.40. The minimum atomic E-state index is -5.06. The largest absolute Gasteiger partial charge is 0.573 e. The van der Waals surface area contributed by atoms with Crippen LogP contribution in [0.4, 0.5) is 49.6 Å². The van der Waals surface area contributed by atoms with E-state index in [1.165, 1.54) is 12.1 Å². The van der Waals surface area contributed by atoms with Gasteiger partial charge in [-0.1, -0.05) is 12.1 Å². The number of anilines is 1. The Morgan fingerprint density at radius 2 is 1.58 bits per heavy atom. The van der Waals surface area contributed by atoms with Crippen molar-refractivity contribution in [3.05, 3.63) is 59.4 Å². The van der Waals surface area contributed by atoms with Crippen molar-refractivity contribution in [2.45, 2.75) is 44.2 Å². The van der Waals surface area contributed by atoms with Gasteiger partial charge in [0, 0.05) is 18.8 Å². The summed E-state index contributed by atoms with van der Waals surface area (Å²) in [5, 5.41) is 9.13. The van der Waals surface area contributed by atoms with Crippen molar-refractivity contribution in [3.63, 3.8) is 0 Å². The molecule has 0 aliphatic heterocycles. The molecule has 1 atom stereocenters. The van der Waals surface area contributed by atoms with Crippen LogP contribution in [0.2, 0.25) is 0 Å². The maximum Gasteiger partial charge on any atom is 0.573 e. The zero-order valence-corrected chi connectivity index (χ0v) is 16.5. The van der Waals surface area contributed by atoms with Crippen LogP contribution in [-0.2, 0) is 12.7 Å². The molecule has 184 valence electrons. The molecule has 3 nitrogen and oxygen atoms in total. The van der Waals surface area contributed by atoms with Crippen LogP contribution in [0.25, 0.3) is 0 Å². The molecule has 0 heterocycles. The van der Waals surface area contributed by atoms with Gasteiger partial charge in [-0.05, 0) is 48.7 Å². The molecule has 0 fully saturated rings. The molecular weight excluding hydrogens is 476 g/mol. The lowest BCUT2D eigenvalue weighted by Gasteiger charge is -2.27. The van der Waals surface area contributed by atoms with Crippen LogP contribution >= 0.6 is 0 Å². The molecule has 2 aromatic carbocycles. The predicted octanol–water partition coefficient (Wildman–Crippen LogP) is 6.45. The number of nitrogens with zero attached hydrogens (tertiary/aromatic N) is 1. The zero-order valence-electron chi connectivity index (χ0n) is 16.5. The second kappa shape index (κ2) is 10.1. The highest BCUT2D eigenvalue weighted by Crippen LogP contribution is 2.35. The van der Waals surface area contributed by atoms with Gasteiger partial charge < -0.3 is 14.7 Å². The van der Waals surface area contributed by atoms with E-state index in [1.807, 2.05) is 0 Å². The molecule has 1 N–H and O–H groups in total. The predicted molar refractivity (Wildman–Crippen MR) is 96.9 cm³/mol. The van der Waals surface area contributed by atoms with E-state index in [2.05, 4.69) is 4.74 Å². The lowest BCUT2D eigenvalue weighted by molar-refractivity contribution is -0.274. The van der Waals surface area contributed by atoms with Crippen molar-refractivity contribution in [1.29, 1.82) is 0 Å². The summed E-state index contributed by atoms with van der Waals surface area (Å²) >= 11 is 0. The van der Waals surface area contributed by atoms with Gasteiger partial charge in [0.2, 0.25) is 0 Å². The van der Waals surface area contributed by atoms with Crippen LogP contribution in [-0.4, -0.2) is 30.3 Å². The monoisotopic (exact) mass is 493 g/mol. The number of hydrogen-bond acceptors (Lipinski definition) is 3. The summed E-state index contributed by atoms with van der Waals surface area (Å²) in [5.41, 5.74) is -1.71. The fourth-order valence-corrected chi connectivity index (χ4v) is 2.93. The van der Waals surface area contributed by atoms with Crippen molar-refractivity contribution in [2.24, 2.45) is 0 Å². The molecule has 0 aliphatic carbocycles. The highest BCUT2D eigenvalue weighted by atomic mass is 19.4. The standard InChI is InChI=1S/C20H17F10NO2/c21-16-7-6-13(10-15(16)18(22,23)24)31(8-2-5-17(32)19(25,26)27)11-12-3-1-4-14(9-12)33-20(28,29)30/h1,3-4,6-7,9-10,17,32H,2,5,8,11H2. The lowest BCUT2D eigenvalue weighted by Crippen LogP contribution is -2.31. The third kappa shape index (κ3) is 8.30. The number of aliphatic hydroxyl groups excluding tert-OH is 1. The summed E-state index contributed by atoms with van der Waals surface area (Å²) in [4.78, 5) is 1.13. The van der Waals surface area contributed by atoms with E-state index in [0.717, 1.165) is 23.1 Å². The number of benzene rings is 2. The van der Waals surface area contributed by atoms with Crippen molar-refractivity contribution in [1.82, 2.24) is 0 Å². The molecule has 1 unspecified atom stereocenters. The van der Waals surface area contributed by atoms with E-state index in [0.29, 0.717) is 12.1 Å². The summed E-state index contributed by atoms with van der Waals surface area (Å²) < 4.78 is 132. The quantitative estimate of drug-likeness (QED) is 0.429. The average Bonchev–Trinajstić information content (AvgIpc) is 2.65. The Bertz CT molecular complexity index is 924. The van der Waals surface area contributed by atoms with E-state index < -0.39 is 48.4 Å². The van der Waals surface area contributed by atoms with Gasteiger partial charge in [-0.2, -0.15) is 26.3 Å². The Kier molecular flexibility index (Phi) is 8.09. The highest BCUT2D eigenvalue weighted by molar-refractivity contribution is 5.50. The Hall–Kier alpha value is -2.70. The zero-order chi connectivity index (χ0) is 25.0. The van der Waals surface area contributed by atoms with Crippen LogP contribution < -0.4 is 9.64 Å². The third-order valence-corrected chi connectivity index (χ3v) is 4.41. The van der Waals surface area contributed by atoms with Gasteiger partial charge in [-0.25, -0.2) is 4.39 Å². The van der Waals surface area contributed by atoms with E-state index >= 15 is 0 Å². The lowest BCUT2D eigenvalue weighted by atomic mass is 10.1. The Labute approximate surface area is 181 Å². The highest BCUT2D eigenvalue weighted by Gasteiger charge is 2.38. The van der Waals surface area contributed by atoms with Gasteiger partial charge in [0.25, 0.3) is 0 Å². The van der Waals surface area contributed by atoms with Crippen molar-refractivity contribution in [2.75, 3.05) is 11.4 Å². The first-order valence-electron chi connectivity index (χ1n) is 9.27. The molecule has 0 saturated heterocycles. The van der Waals surface area contributed by atoms with Crippen molar-refractivity contribution < 1.29 is 53.7 Å². The number of alkyl halides is 9. The fourth-order valence-electron chi connectivity index (χ4n) is 2.93. The maximum atomic E-state index is 13.6. The second-order valence-corrected chi connectivity index (χ2v) is 6.98. The van der Waals surface area contributed by atoms with Crippen LogP contribution in [0.1, 0.15) is 24.0 Å². The molecule has 0 amide bonds. The molecule has 0 spiro atoms. The SMILES string of the molecule is OC(CCCN(Cc1cccc(OC(F)(F)F)c1)c1ccc(F)c(C(F)(F)F)c1)C(F)(F)F. The molecule has 13 heteroatoms. The summed E-state index contributed by atoms with van der Waals surface area (Å²) in [6.07, 6.45) is -18.7. The van der Waals surface area contributed by atoms with E-state index in [9.17, 15) is 43.9 Å². The number of aliphatic hydroxyl groups is 1. The van der Waals surface area contributed by atoms with Crippen LogP contribution in [0, 0.1) is 5.82 Å². The molecule has 0 aliphatic rings. The number of rotatable bonds is 8.